The molecule has 0 bridgehead atoms. The van der Waals surface area contributed by atoms with Crippen molar-refractivity contribution in [3.63, 3.8) is 0 Å². The van der Waals surface area contributed by atoms with Crippen LogP contribution in [0, 0.1) is 10.1 Å². The molecule has 0 aliphatic carbocycles. The van der Waals surface area contributed by atoms with Crippen molar-refractivity contribution in [3.05, 3.63) is 45.5 Å². The van der Waals surface area contributed by atoms with E-state index in [1.165, 1.54) is 31.2 Å². The number of nitrogens with zero attached hydrogens (tertiary/aromatic N) is 1. The number of Topliss-reactive ketones (excluding diaryl/α,β-unsaturated/α-hetero) is 2. The molecule has 0 atom stereocenters. The third kappa shape index (κ3) is 5.47. The van der Waals surface area contributed by atoms with Gasteiger partial charge in [-0.15, -0.1) is 11.6 Å². The topological polar surface area (TPSA) is 77.3 Å². The molecule has 112 valence electrons. The summed E-state index contributed by atoms with van der Waals surface area (Å²) >= 11 is 5.55. The molecule has 6 heteroatoms. The van der Waals surface area contributed by atoms with Crippen molar-refractivity contribution in [1.29, 1.82) is 0 Å². The summed E-state index contributed by atoms with van der Waals surface area (Å²) in [6, 6.07) is 5.81. The lowest BCUT2D eigenvalue weighted by Gasteiger charge is -2.03. The predicted molar refractivity (Wildman–Crippen MR) is 81.3 cm³/mol. The fourth-order valence-corrected chi connectivity index (χ4v) is 1.98. The maximum absolute atomic E-state index is 12.0. The summed E-state index contributed by atoms with van der Waals surface area (Å²) in [6.07, 6.45) is 2.96. The minimum Gasteiger partial charge on any atom is -0.294 e. The number of nitro groups is 1. The van der Waals surface area contributed by atoms with Crippen molar-refractivity contribution < 1.29 is 14.5 Å². The first-order chi connectivity index (χ1) is 9.95. The zero-order valence-electron chi connectivity index (χ0n) is 11.7. The van der Waals surface area contributed by atoms with Gasteiger partial charge in [0, 0.05) is 24.4 Å². The standard InChI is InChI=1S/C15H16ClNO4/c1-11(18)14(15(19)7-2-3-8-16)10-12-5-4-6-13(9-12)17(20)21/h4-6,9-10H,2-3,7-8H2,1H3/b14-10+. The van der Waals surface area contributed by atoms with Crippen LogP contribution >= 0.6 is 11.6 Å². The molecule has 0 N–H and O–H groups in total. The molecule has 0 spiro atoms. The molecule has 0 heterocycles. The number of rotatable bonds is 8. The van der Waals surface area contributed by atoms with Crippen LogP contribution in [0.25, 0.3) is 6.08 Å². The molecule has 0 aliphatic rings. The predicted octanol–water partition coefficient (Wildman–Crippen LogP) is 3.55. The second-order valence-corrected chi connectivity index (χ2v) is 4.91. The van der Waals surface area contributed by atoms with Gasteiger partial charge in [-0.25, -0.2) is 0 Å². The number of ketones is 2. The Balaban J connectivity index is 2.99. The molecule has 5 nitrogen and oxygen atoms in total. The molecule has 0 fully saturated rings. The minimum atomic E-state index is -0.521. The second-order valence-electron chi connectivity index (χ2n) is 4.54. The number of halogens is 1. The second kappa shape index (κ2) is 8.32. The van der Waals surface area contributed by atoms with E-state index in [-0.39, 0.29) is 29.2 Å². The number of benzene rings is 1. The highest BCUT2D eigenvalue weighted by Crippen LogP contribution is 2.17. The zero-order chi connectivity index (χ0) is 15.8. The van der Waals surface area contributed by atoms with Gasteiger partial charge < -0.3 is 0 Å². The van der Waals surface area contributed by atoms with Crippen molar-refractivity contribution in [2.75, 3.05) is 5.88 Å². The van der Waals surface area contributed by atoms with Crippen LogP contribution in [0.3, 0.4) is 0 Å². The summed E-state index contributed by atoms with van der Waals surface area (Å²) in [6.45, 7) is 1.31. The Kier molecular flexibility index (Phi) is 6.75. The SMILES string of the molecule is CC(=O)/C(=C\c1cccc([N+](=O)[O-])c1)C(=O)CCCCCl. The van der Waals surface area contributed by atoms with Crippen LogP contribution in [0.15, 0.2) is 29.8 Å². The Morgan fingerprint density at radius 3 is 2.62 bits per heavy atom. The quantitative estimate of drug-likeness (QED) is 0.140. The number of alkyl halides is 1. The molecular weight excluding hydrogens is 294 g/mol. The Bertz CT molecular complexity index is 581. The normalized spacial score (nSPS) is 11.2. The van der Waals surface area contributed by atoms with Gasteiger partial charge in [0.1, 0.15) is 0 Å². The molecule has 0 amide bonds. The summed E-state index contributed by atoms with van der Waals surface area (Å²) in [5.41, 5.74) is 0.436. The van der Waals surface area contributed by atoms with Crippen molar-refractivity contribution >= 4 is 34.9 Å². The lowest BCUT2D eigenvalue weighted by Crippen LogP contribution is -2.10. The first-order valence-electron chi connectivity index (χ1n) is 6.52. The van der Waals surface area contributed by atoms with Gasteiger partial charge in [-0.3, -0.25) is 19.7 Å². The van der Waals surface area contributed by atoms with E-state index in [0.717, 1.165) is 0 Å². The van der Waals surface area contributed by atoms with E-state index in [9.17, 15) is 19.7 Å². The minimum absolute atomic E-state index is 0.0603. The zero-order valence-corrected chi connectivity index (χ0v) is 12.4. The number of unbranched alkanes of at least 4 members (excludes halogenated alkanes) is 1. The first kappa shape index (κ1) is 17.0. The van der Waals surface area contributed by atoms with Crippen molar-refractivity contribution in [2.45, 2.75) is 26.2 Å². The van der Waals surface area contributed by atoms with Gasteiger partial charge in [0.25, 0.3) is 5.69 Å². The van der Waals surface area contributed by atoms with Crippen molar-refractivity contribution in [1.82, 2.24) is 0 Å². The fraction of sp³-hybridized carbons (Fsp3) is 0.333. The van der Waals surface area contributed by atoms with Crippen LogP contribution in [0.1, 0.15) is 31.7 Å². The average Bonchev–Trinajstić information content (AvgIpc) is 2.44. The van der Waals surface area contributed by atoms with E-state index < -0.39 is 4.92 Å². The van der Waals surface area contributed by atoms with Gasteiger partial charge in [0.05, 0.1) is 10.5 Å². The first-order valence-corrected chi connectivity index (χ1v) is 7.05. The van der Waals surface area contributed by atoms with Crippen molar-refractivity contribution in [2.24, 2.45) is 0 Å². The van der Waals surface area contributed by atoms with Crippen LogP contribution in [0.2, 0.25) is 0 Å². The van der Waals surface area contributed by atoms with Gasteiger partial charge >= 0.3 is 0 Å². The van der Waals surface area contributed by atoms with Crippen LogP contribution in [0.5, 0.6) is 0 Å². The Morgan fingerprint density at radius 1 is 1.33 bits per heavy atom. The average molecular weight is 310 g/mol. The van der Waals surface area contributed by atoms with Crippen LogP contribution < -0.4 is 0 Å². The molecular formula is C15H16ClNO4. The van der Waals surface area contributed by atoms with E-state index in [4.69, 9.17) is 11.6 Å². The van der Waals surface area contributed by atoms with E-state index >= 15 is 0 Å². The maximum atomic E-state index is 12.0. The molecule has 1 aromatic carbocycles. The highest BCUT2D eigenvalue weighted by atomic mass is 35.5. The van der Waals surface area contributed by atoms with Gasteiger partial charge in [-0.05, 0) is 31.4 Å². The number of carbonyl (C=O) groups is 2. The lowest BCUT2D eigenvalue weighted by molar-refractivity contribution is -0.384. The van der Waals surface area contributed by atoms with Crippen molar-refractivity contribution in [3.8, 4) is 0 Å². The van der Waals surface area contributed by atoms with Gasteiger partial charge in [0.15, 0.2) is 11.6 Å². The number of hydrogen-bond donors (Lipinski definition) is 0. The lowest BCUT2D eigenvalue weighted by atomic mass is 10.00. The number of nitro benzene ring substituents is 1. The molecule has 21 heavy (non-hydrogen) atoms. The van der Waals surface area contributed by atoms with Crippen LogP contribution in [0.4, 0.5) is 5.69 Å². The number of non-ortho nitro benzene ring substituents is 1. The fourth-order valence-electron chi connectivity index (χ4n) is 1.79. The molecule has 0 radical (unpaired) electrons. The molecule has 0 unspecified atom stereocenters. The summed E-state index contributed by atoms with van der Waals surface area (Å²) < 4.78 is 0. The molecule has 0 aromatic heterocycles. The maximum Gasteiger partial charge on any atom is 0.270 e. The van der Waals surface area contributed by atoms with Crippen LogP contribution in [-0.2, 0) is 9.59 Å². The molecule has 0 saturated carbocycles. The molecule has 0 saturated heterocycles. The highest BCUT2D eigenvalue weighted by molar-refractivity contribution is 6.22. The Morgan fingerprint density at radius 2 is 2.05 bits per heavy atom. The van der Waals surface area contributed by atoms with Gasteiger partial charge in [-0.1, -0.05) is 12.1 Å². The monoisotopic (exact) mass is 309 g/mol. The number of allylic oxidation sites excluding steroid dienone is 1. The van der Waals surface area contributed by atoms with Gasteiger partial charge in [0.2, 0.25) is 0 Å². The number of carbonyl (C=O) groups excluding carboxylic acids is 2. The smallest absolute Gasteiger partial charge is 0.270 e. The molecule has 0 aliphatic heterocycles. The largest absolute Gasteiger partial charge is 0.294 e. The Hall–Kier alpha value is -2.01. The van der Waals surface area contributed by atoms with E-state index in [1.54, 1.807) is 6.07 Å². The highest BCUT2D eigenvalue weighted by Gasteiger charge is 2.14. The van der Waals surface area contributed by atoms with Crippen LogP contribution in [-0.4, -0.2) is 22.4 Å². The summed E-state index contributed by atoms with van der Waals surface area (Å²) in [5, 5.41) is 10.7. The van der Waals surface area contributed by atoms with E-state index in [2.05, 4.69) is 0 Å². The summed E-state index contributed by atoms with van der Waals surface area (Å²) in [5.74, 6) is -0.145. The summed E-state index contributed by atoms with van der Waals surface area (Å²) in [7, 11) is 0. The third-order valence-electron chi connectivity index (χ3n) is 2.86. The summed E-state index contributed by atoms with van der Waals surface area (Å²) in [4.78, 5) is 33.8. The molecule has 1 rings (SSSR count). The third-order valence-corrected chi connectivity index (χ3v) is 3.13. The van der Waals surface area contributed by atoms with E-state index in [1.807, 2.05) is 0 Å². The molecule has 1 aromatic rings. The number of hydrogen-bond acceptors (Lipinski definition) is 4. The Labute approximate surface area is 127 Å². The van der Waals surface area contributed by atoms with E-state index in [0.29, 0.717) is 24.3 Å². The van der Waals surface area contributed by atoms with Gasteiger partial charge in [-0.2, -0.15) is 0 Å².